The summed E-state index contributed by atoms with van der Waals surface area (Å²) in [5.41, 5.74) is 0. The topological polar surface area (TPSA) is 98.7 Å². The largest absolute Gasteiger partial charge is 0.481 e. The second-order valence-electron chi connectivity index (χ2n) is 5.48. The number of nitrogens with one attached hydrogen (secondary N) is 2. The Morgan fingerprint density at radius 1 is 1.35 bits per heavy atom. The van der Waals surface area contributed by atoms with Crippen LogP contribution in [0.15, 0.2) is 0 Å². The number of aliphatic carboxylic acids is 1. The molecule has 0 spiro atoms. The molecule has 2 atom stereocenters. The summed E-state index contributed by atoms with van der Waals surface area (Å²) in [5, 5.41) is 14.2. The van der Waals surface area contributed by atoms with Crippen molar-refractivity contribution in [2.75, 3.05) is 13.1 Å². The lowest BCUT2D eigenvalue weighted by atomic mass is 9.92. The van der Waals surface area contributed by atoms with E-state index in [0.717, 1.165) is 0 Å². The van der Waals surface area contributed by atoms with Crippen molar-refractivity contribution in [2.24, 2.45) is 5.92 Å². The summed E-state index contributed by atoms with van der Waals surface area (Å²) in [5.74, 6) is -1.44. The second kappa shape index (κ2) is 7.12. The summed E-state index contributed by atoms with van der Waals surface area (Å²) in [6.45, 7) is 5.85. The Bertz CT molecular complexity index is 384. The first-order valence-corrected chi connectivity index (χ1v) is 6.88. The predicted octanol–water partition coefficient (Wildman–Crippen LogP) is 0.406. The van der Waals surface area contributed by atoms with E-state index in [2.05, 4.69) is 10.6 Å². The van der Waals surface area contributed by atoms with Crippen LogP contribution in [0.1, 0.15) is 33.6 Å². The van der Waals surface area contributed by atoms with Gasteiger partial charge in [0.15, 0.2) is 0 Å². The van der Waals surface area contributed by atoms with Gasteiger partial charge in [-0.05, 0) is 33.6 Å². The number of hydrogen-bond acceptors (Lipinski definition) is 3. The number of likely N-dealkylation sites (tertiary alicyclic amines) is 1. The third kappa shape index (κ3) is 4.71. The summed E-state index contributed by atoms with van der Waals surface area (Å²) in [7, 11) is 0. The molecule has 7 nitrogen and oxygen atoms in total. The zero-order chi connectivity index (χ0) is 15.3. The van der Waals surface area contributed by atoms with Crippen molar-refractivity contribution < 1.29 is 19.5 Å². The molecule has 2 unspecified atom stereocenters. The van der Waals surface area contributed by atoms with Crippen molar-refractivity contribution in [3.05, 3.63) is 0 Å². The van der Waals surface area contributed by atoms with Gasteiger partial charge in [0.05, 0.1) is 12.5 Å². The molecule has 0 aromatic carbocycles. The van der Waals surface area contributed by atoms with Gasteiger partial charge >= 0.3 is 12.0 Å². The van der Waals surface area contributed by atoms with Gasteiger partial charge < -0.3 is 20.6 Å². The molecule has 0 bridgehead atoms. The Morgan fingerprint density at radius 2 is 2.00 bits per heavy atom. The van der Waals surface area contributed by atoms with E-state index in [4.69, 9.17) is 5.11 Å². The Hall–Kier alpha value is -1.79. The SMILES string of the molecule is CC(C)NC(=O)CNC(=O)N1CCC(C(=O)O)CC1C. The number of rotatable bonds is 4. The van der Waals surface area contributed by atoms with E-state index in [-0.39, 0.29) is 30.6 Å². The average Bonchev–Trinajstić information content (AvgIpc) is 2.34. The monoisotopic (exact) mass is 285 g/mol. The fourth-order valence-electron chi connectivity index (χ4n) is 2.33. The van der Waals surface area contributed by atoms with Crippen LogP contribution in [-0.4, -0.2) is 53.1 Å². The van der Waals surface area contributed by atoms with E-state index in [1.54, 1.807) is 4.90 Å². The maximum absolute atomic E-state index is 12.0. The zero-order valence-electron chi connectivity index (χ0n) is 12.2. The van der Waals surface area contributed by atoms with Crippen LogP contribution in [-0.2, 0) is 9.59 Å². The van der Waals surface area contributed by atoms with E-state index in [1.165, 1.54) is 0 Å². The van der Waals surface area contributed by atoms with Crippen LogP contribution in [0.3, 0.4) is 0 Å². The summed E-state index contributed by atoms with van der Waals surface area (Å²) in [6.07, 6.45) is 0.895. The number of amides is 3. The molecule has 0 aliphatic carbocycles. The smallest absolute Gasteiger partial charge is 0.318 e. The lowest BCUT2D eigenvalue weighted by molar-refractivity contribution is -0.143. The van der Waals surface area contributed by atoms with Gasteiger partial charge in [-0.15, -0.1) is 0 Å². The average molecular weight is 285 g/mol. The maximum Gasteiger partial charge on any atom is 0.318 e. The fraction of sp³-hybridized carbons (Fsp3) is 0.769. The number of urea groups is 1. The van der Waals surface area contributed by atoms with Crippen LogP contribution in [0.25, 0.3) is 0 Å². The molecule has 0 saturated carbocycles. The molecule has 20 heavy (non-hydrogen) atoms. The van der Waals surface area contributed by atoms with Crippen molar-refractivity contribution in [3.8, 4) is 0 Å². The van der Waals surface area contributed by atoms with Gasteiger partial charge in [-0.1, -0.05) is 0 Å². The predicted molar refractivity (Wildman–Crippen MR) is 73.2 cm³/mol. The standard InChI is InChI=1S/C13H23N3O4/c1-8(2)15-11(17)7-14-13(20)16-5-4-10(12(18)19)6-9(16)3/h8-10H,4-7H2,1-3H3,(H,14,20)(H,15,17)(H,18,19). The number of carbonyl (C=O) groups is 3. The Balaban J connectivity index is 2.41. The first kappa shape index (κ1) is 16.3. The van der Waals surface area contributed by atoms with Gasteiger partial charge in [0.1, 0.15) is 0 Å². The first-order valence-electron chi connectivity index (χ1n) is 6.88. The van der Waals surface area contributed by atoms with Crippen molar-refractivity contribution >= 4 is 17.9 Å². The van der Waals surface area contributed by atoms with Gasteiger partial charge in [-0.2, -0.15) is 0 Å². The van der Waals surface area contributed by atoms with Gasteiger partial charge in [-0.3, -0.25) is 9.59 Å². The Kier molecular flexibility index (Phi) is 5.79. The molecule has 1 heterocycles. The highest BCUT2D eigenvalue weighted by molar-refractivity contribution is 5.84. The fourth-order valence-corrected chi connectivity index (χ4v) is 2.33. The molecule has 1 aliphatic heterocycles. The van der Waals surface area contributed by atoms with Crippen LogP contribution < -0.4 is 10.6 Å². The lowest BCUT2D eigenvalue weighted by Crippen LogP contribution is -2.52. The minimum atomic E-state index is -0.812. The quantitative estimate of drug-likeness (QED) is 0.696. The molecule has 1 fully saturated rings. The number of hydrogen-bond donors (Lipinski definition) is 3. The number of carboxylic acid groups (broad SMARTS) is 1. The van der Waals surface area contributed by atoms with Crippen LogP contribution in [0, 0.1) is 5.92 Å². The van der Waals surface area contributed by atoms with Crippen LogP contribution in [0.2, 0.25) is 0 Å². The number of piperidine rings is 1. The van der Waals surface area contributed by atoms with Gasteiger partial charge in [0.2, 0.25) is 5.91 Å². The number of carboxylic acids is 1. The molecule has 1 aliphatic rings. The zero-order valence-corrected chi connectivity index (χ0v) is 12.2. The van der Waals surface area contributed by atoms with Crippen molar-refractivity contribution in [1.82, 2.24) is 15.5 Å². The minimum absolute atomic E-state index is 0.0321. The van der Waals surface area contributed by atoms with Gasteiger partial charge in [-0.25, -0.2) is 4.79 Å². The summed E-state index contributed by atoms with van der Waals surface area (Å²) in [4.78, 5) is 35.9. The maximum atomic E-state index is 12.0. The molecule has 0 radical (unpaired) electrons. The summed E-state index contributed by atoms with van der Waals surface area (Å²) < 4.78 is 0. The molecule has 1 saturated heterocycles. The van der Waals surface area contributed by atoms with Crippen LogP contribution in [0.4, 0.5) is 4.79 Å². The molecule has 7 heteroatoms. The molecule has 1 rings (SSSR count). The minimum Gasteiger partial charge on any atom is -0.481 e. The van der Waals surface area contributed by atoms with Crippen molar-refractivity contribution in [1.29, 1.82) is 0 Å². The van der Waals surface area contributed by atoms with Gasteiger partial charge in [0.25, 0.3) is 0 Å². The van der Waals surface area contributed by atoms with E-state index < -0.39 is 11.9 Å². The molecule has 0 aromatic heterocycles. The molecule has 3 N–H and O–H groups in total. The van der Waals surface area contributed by atoms with Crippen molar-refractivity contribution in [2.45, 2.75) is 45.7 Å². The lowest BCUT2D eigenvalue weighted by Gasteiger charge is -2.36. The second-order valence-corrected chi connectivity index (χ2v) is 5.48. The molecule has 3 amide bonds. The summed E-state index contributed by atoms with van der Waals surface area (Å²) >= 11 is 0. The molecule has 114 valence electrons. The van der Waals surface area contributed by atoms with Gasteiger partial charge in [0, 0.05) is 18.6 Å². The number of carbonyl (C=O) groups excluding carboxylic acids is 2. The van der Waals surface area contributed by atoms with E-state index in [1.807, 2.05) is 20.8 Å². The molecule has 0 aromatic rings. The Labute approximate surface area is 118 Å². The highest BCUT2D eigenvalue weighted by Gasteiger charge is 2.32. The third-order valence-electron chi connectivity index (χ3n) is 3.34. The van der Waals surface area contributed by atoms with Crippen LogP contribution in [0.5, 0.6) is 0 Å². The summed E-state index contributed by atoms with van der Waals surface area (Å²) in [6, 6.07) is -0.428. The molecular weight excluding hydrogens is 262 g/mol. The number of nitrogens with zero attached hydrogens (tertiary/aromatic N) is 1. The molecular formula is C13H23N3O4. The third-order valence-corrected chi connectivity index (χ3v) is 3.34. The van der Waals surface area contributed by atoms with E-state index >= 15 is 0 Å². The normalized spacial score (nSPS) is 22.5. The van der Waals surface area contributed by atoms with Crippen LogP contribution >= 0.6 is 0 Å². The highest BCUT2D eigenvalue weighted by atomic mass is 16.4. The van der Waals surface area contributed by atoms with E-state index in [9.17, 15) is 14.4 Å². The Morgan fingerprint density at radius 3 is 2.50 bits per heavy atom. The first-order chi connectivity index (χ1) is 9.31. The van der Waals surface area contributed by atoms with E-state index in [0.29, 0.717) is 19.4 Å². The highest BCUT2D eigenvalue weighted by Crippen LogP contribution is 2.22. The van der Waals surface area contributed by atoms with Crippen molar-refractivity contribution in [3.63, 3.8) is 0 Å².